The van der Waals surface area contributed by atoms with Gasteiger partial charge in [-0.3, -0.25) is 0 Å². The Morgan fingerprint density at radius 3 is 2.88 bits per heavy atom. The van der Waals surface area contributed by atoms with Gasteiger partial charge in [-0.2, -0.15) is 0 Å². The second-order valence-electron chi connectivity index (χ2n) is 6.64. The van der Waals surface area contributed by atoms with Crippen LogP contribution in [0.5, 0.6) is 0 Å². The van der Waals surface area contributed by atoms with Crippen LogP contribution in [0.2, 0.25) is 10.0 Å². The van der Waals surface area contributed by atoms with Gasteiger partial charge in [0.2, 0.25) is 0 Å². The average molecular weight is 388 g/mol. The Balaban J connectivity index is 1.75. The molecule has 0 unspecified atom stereocenters. The fourth-order valence-electron chi connectivity index (χ4n) is 4.00. The summed E-state index contributed by atoms with van der Waals surface area (Å²) in [5, 5.41) is 4.78. The van der Waals surface area contributed by atoms with Crippen LogP contribution in [-0.4, -0.2) is 12.6 Å². The predicted octanol–water partition coefficient (Wildman–Crippen LogP) is 6.00. The van der Waals surface area contributed by atoms with E-state index < -0.39 is 0 Å². The molecule has 0 aromatic heterocycles. The summed E-state index contributed by atoms with van der Waals surface area (Å²) in [4.78, 5) is 12.1. The number of benzene rings is 2. The van der Waals surface area contributed by atoms with Crippen LogP contribution in [0.1, 0.15) is 46.8 Å². The molecule has 1 aliphatic carbocycles. The topological polar surface area (TPSA) is 38.3 Å². The summed E-state index contributed by atoms with van der Waals surface area (Å²) in [6.45, 7) is 2.18. The molecule has 2 aliphatic rings. The molecular formula is C21H19Cl2NO2. The van der Waals surface area contributed by atoms with E-state index in [-0.39, 0.29) is 17.9 Å². The third kappa shape index (κ3) is 2.89. The highest BCUT2D eigenvalue weighted by Gasteiger charge is 2.39. The Labute approximate surface area is 163 Å². The number of esters is 1. The van der Waals surface area contributed by atoms with E-state index in [0.717, 1.165) is 23.2 Å². The molecule has 134 valence electrons. The van der Waals surface area contributed by atoms with Crippen molar-refractivity contribution in [2.45, 2.75) is 25.3 Å². The maximum absolute atomic E-state index is 12.1. The number of fused-ring (bicyclic) bond motifs is 3. The van der Waals surface area contributed by atoms with E-state index in [1.807, 2.05) is 31.2 Å². The highest BCUT2D eigenvalue weighted by atomic mass is 35.5. The quantitative estimate of drug-likeness (QED) is 0.518. The Kier molecular flexibility index (Phi) is 4.68. The number of carbonyl (C=O) groups excluding carboxylic acids is 1. The molecule has 5 heteroatoms. The number of hydrogen-bond donors (Lipinski definition) is 1. The van der Waals surface area contributed by atoms with Gasteiger partial charge in [0.25, 0.3) is 0 Å². The molecule has 3 nitrogen and oxygen atoms in total. The van der Waals surface area contributed by atoms with Crippen molar-refractivity contribution in [1.29, 1.82) is 0 Å². The molecule has 0 amide bonds. The lowest BCUT2D eigenvalue weighted by molar-refractivity contribution is 0.0526. The van der Waals surface area contributed by atoms with E-state index in [4.69, 9.17) is 27.9 Å². The highest BCUT2D eigenvalue weighted by molar-refractivity contribution is 6.42. The molecule has 0 saturated carbocycles. The van der Waals surface area contributed by atoms with E-state index in [0.29, 0.717) is 28.1 Å². The molecule has 1 N–H and O–H groups in total. The molecule has 0 radical (unpaired) electrons. The van der Waals surface area contributed by atoms with Gasteiger partial charge in [-0.25, -0.2) is 4.79 Å². The van der Waals surface area contributed by atoms with Crippen molar-refractivity contribution in [2.24, 2.45) is 5.92 Å². The number of nitrogens with one attached hydrogen (secondary N) is 1. The van der Waals surface area contributed by atoms with Crippen LogP contribution in [0.25, 0.3) is 0 Å². The number of rotatable bonds is 3. The zero-order valence-corrected chi connectivity index (χ0v) is 15.8. The standard InChI is InChI=1S/C21H19Cl2NO2/c1-2-26-21(25)12-9-10-18-16(11-12)13-5-3-6-14(13)20(24-18)15-7-4-8-17(22)19(15)23/h3-5,7-11,13-14,20,24H,2,6H2,1H3/t13-,14-,20-/m1/s1. The van der Waals surface area contributed by atoms with Crippen molar-refractivity contribution in [3.63, 3.8) is 0 Å². The molecule has 1 heterocycles. The Morgan fingerprint density at radius 1 is 1.23 bits per heavy atom. The lowest BCUT2D eigenvalue weighted by Gasteiger charge is -2.38. The first-order chi connectivity index (χ1) is 12.6. The summed E-state index contributed by atoms with van der Waals surface area (Å²) in [6.07, 6.45) is 5.38. The molecule has 0 fully saturated rings. The first-order valence-corrected chi connectivity index (χ1v) is 9.54. The van der Waals surface area contributed by atoms with E-state index in [9.17, 15) is 4.79 Å². The largest absolute Gasteiger partial charge is 0.462 e. The lowest BCUT2D eigenvalue weighted by atomic mass is 9.76. The first-order valence-electron chi connectivity index (χ1n) is 8.78. The minimum Gasteiger partial charge on any atom is -0.462 e. The minimum absolute atomic E-state index is 0.0714. The van der Waals surface area contributed by atoms with E-state index in [1.54, 1.807) is 12.1 Å². The summed E-state index contributed by atoms with van der Waals surface area (Å²) in [6, 6.07) is 11.5. The van der Waals surface area contributed by atoms with Crippen molar-refractivity contribution in [1.82, 2.24) is 0 Å². The Hall–Kier alpha value is -1.97. The number of ether oxygens (including phenoxy) is 1. The molecule has 4 rings (SSSR count). The summed E-state index contributed by atoms with van der Waals surface area (Å²) in [5.41, 5.74) is 3.75. The number of anilines is 1. The minimum atomic E-state index is -0.283. The monoisotopic (exact) mass is 387 g/mol. The molecule has 0 spiro atoms. The second kappa shape index (κ2) is 6.98. The molecule has 0 bridgehead atoms. The fourth-order valence-corrected chi connectivity index (χ4v) is 4.43. The summed E-state index contributed by atoms with van der Waals surface area (Å²) < 4.78 is 5.14. The predicted molar refractivity (Wildman–Crippen MR) is 105 cm³/mol. The van der Waals surface area contributed by atoms with Gasteiger partial charge in [-0.1, -0.05) is 47.5 Å². The summed E-state index contributed by atoms with van der Waals surface area (Å²) in [7, 11) is 0. The normalized spacial score (nSPS) is 23.1. The summed E-state index contributed by atoms with van der Waals surface area (Å²) in [5.74, 6) is 0.283. The van der Waals surface area contributed by atoms with Crippen molar-refractivity contribution < 1.29 is 9.53 Å². The van der Waals surface area contributed by atoms with Gasteiger partial charge < -0.3 is 10.1 Å². The maximum atomic E-state index is 12.1. The van der Waals surface area contributed by atoms with Crippen LogP contribution in [0.4, 0.5) is 5.69 Å². The van der Waals surface area contributed by atoms with Gasteiger partial charge in [0.05, 0.1) is 28.3 Å². The van der Waals surface area contributed by atoms with Crippen LogP contribution in [0, 0.1) is 5.92 Å². The van der Waals surface area contributed by atoms with Crippen LogP contribution in [-0.2, 0) is 4.74 Å². The average Bonchev–Trinajstić information content (AvgIpc) is 3.13. The maximum Gasteiger partial charge on any atom is 0.338 e. The van der Waals surface area contributed by atoms with Gasteiger partial charge in [-0.15, -0.1) is 0 Å². The number of halogens is 2. The van der Waals surface area contributed by atoms with Crippen molar-refractivity contribution in [2.75, 3.05) is 11.9 Å². The second-order valence-corrected chi connectivity index (χ2v) is 7.43. The number of carbonyl (C=O) groups is 1. The van der Waals surface area contributed by atoms with Crippen molar-refractivity contribution in [3.05, 3.63) is 75.3 Å². The molecule has 1 aliphatic heterocycles. The smallest absolute Gasteiger partial charge is 0.338 e. The van der Waals surface area contributed by atoms with Gasteiger partial charge in [0.1, 0.15) is 0 Å². The van der Waals surface area contributed by atoms with E-state index >= 15 is 0 Å². The van der Waals surface area contributed by atoms with Gasteiger partial charge in [0.15, 0.2) is 0 Å². The van der Waals surface area contributed by atoms with Crippen LogP contribution >= 0.6 is 23.2 Å². The third-order valence-corrected chi connectivity index (χ3v) is 6.02. The lowest BCUT2D eigenvalue weighted by Crippen LogP contribution is -2.29. The third-order valence-electron chi connectivity index (χ3n) is 5.19. The molecule has 2 aromatic rings. The van der Waals surface area contributed by atoms with Crippen molar-refractivity contribution >= 4 is 34.9 Å². The van der Waals surface area contributed by atoms with Gasteiger partial charge in [-0.05, 0) is 54.7 Å². The van der Waals surface area contributed by atoms with Crippen LogP contribution in [0.3, 0.4) is 0 Å². The number of hydrogen-bond acceptors (Lipinski definition) is 3. The molecule has 2 aromatic carbocycles. The van der Waals surface area contributed by atoms with E-state index in [1.165, 1.54) is 0 Å². The Morgan fingerprint density at radius 2 is 2.08 bits per heavy atom. The molecule has 26 heavy (non-hydrogen) atoms. The van der Waals surface area contributed by atoms with Gasteiger partial charge >= 0.3 is 5.97 Å². The van der Waals surface area contributed by atoms with Crippen LogP contribution < -0.4 is 5.32 Å². The summed E-state index contributed by atoms with van der Waals surface area (Å²) >= 11 is 12.7. The van der Waals surface area contributed by atoms with Crippen molar-refractivity contribution in [3.8, 4) is 0 Å². The fraction of sp³-hybridized carbons (Fsp3) is 0.286. The molecular weight excluding hydrogens is 369 g/mol. The first kappa shape index (κ1) is 17.4. The van der Waals surface area contributed by atoms with Crippen LogP contribution in [0.15, 0.2) is 48.6 Å². The zero-order valence-electron chi connectivity index (χ0n) is 14.3. The molecule has 0 saturated heterocycles. The highest BCUT2D eigenvalue weighted by Crippen LogP contribution is 2.51. The Bertz CT molecular complexity index is 894. The SMILES string of the molecule is CCOC(=O)c1ccc2c(c1)[C@@H]1C=CC[C@H]1[C@H](c1cccc(Cl)c1Cl)N2. The van der Waals surface area contributed by atoms with Gasteiger partial charge in [0, 0.05) is 11.6 Å². The zero-order chi connectivity index (χ0) is 18.3. The number of allylic oxidation sites excluding steroid dienone is 2. The molecule has 3 atom stereocenters. The van der Waals surface area contributed by atoms with E-state index in [2.05, 4.69) is 17.5 Å².